The van der Waals surface area contributed by atoms with Crippen molar-refractivity contribution >= 4 is 16.9 Å². The normalized spacial score (nSPS) is 17.5. The Morgan fingerprint density at radius 3 is 2.44 bits per heavy atom. The lowest BCUT2D eigenvalue weighted by atomic mass is 10.1. The van der Waals surface area contributed by atoms with E-state index >= 15 is 0 Å². The number of benzene rings is 1. The Hall–Kier alpha value is -1.52. The minimum Gasteiger partial charge on any atom is -0.497 e. The van der Waals surface area contributed by atoms with Gasteiger partial charge in [0.1, 0.15) is 23.3 Å². The van der Waals surface area contributed by atoms with Crippen molar-refractivity contribution in [3.05, 3.63) is 23.3 Å². The minimum absolute atomic E-state index is 0.00308. The molecule has 1 saturated heterocycles. The third-order valence-corrected chi connectivity index (χ3v) is 8.05. The summed E-state index contributed by atoms with van der Waals surface area (Å²) in [5, 5.41) is 0. The van der Waals surface area contributed by atoms with Crippen molar-refractivity contribution in [1.82, 2.24) is 19.0 Å². The molecular weight excluding hydrogens is 452 g/mol. The first kappa shape index (κ1) is 28.7. The van der Waals surface area contributed by atoms with Crippen molar-refractivity contribution in [1.29, 1.82) is 0 Å². The van der Waals surface area contributed by atoms with Crippen LogP contribution in [0.15, 0.2) is 17.0 Å². The Morgan fingerprint density at radius 1 is 1.15 bits per heavy atom. The zero-order valence-corrected chi connectivity index (χ0v) is 22.9. The molecule has 1 aliphatic rings. The van der Waals surface area contributed by atoms with Crippen LogP contribution in [0.1, 0.15) is 24.0 Å². The fourth-order valence-corrected chi connectivity index (χ4v) is 5.59. The van der Waals surface area contributed by atoms with Gasteiger partial charge in [-0.05, 0) is 89.6 Å². The summed E-state index contributed by atoms with van der Waals surface area (Å²) in [5.74, 6) is 1.29. The molecule has 2 rings (SSSR count). The smallest absolute Gasteiger partial charge is 0.248 e. The lowest BCUT2D eigenvalue weighted by Gasteiger charge is -2.22. The lowest BCUT2D eigenvalue weighted by Crippen LogP contribution is -2.36. The fourth-order valence-electron chi connectivity index (χ4n) is 4.37. The average molecular weight is 497 g/mol. The van der Waals surface area contributed by atoms with Crippen molar-refractivity contribution in [2.24, 2.45) is 5.92 Å². The number of hydrogen-bond donors (Lipinski definition) is 0. The summed E-state index contributed by atoms with van der Waals surface area (Å²) in [6, 6.07) is 3.79. The molecule has 0 saturated carbocycles. The Kier molecular flexibility index (Phi) is 11.9. The number of ether oxygens (including phenoxy) is 2. The molecule has 0 aromatic heterocycles. The second-order valence-electron chi connectivity index (χ2n) is 9.63. The maximum Gasteiger partial charge on any atom is 0.248 e. The molecule has 0 radical (unpaired) electrons. The highest BCUT2D eigenvalue weighted by molar-refractivity contribution is 7.82. The Bertz CT molecular complexity index is 797. The van der Waals surface area contributed by atoms with Gasteiger partial charge in [0.05, 0.1) is 18.6 Å². The van der Waals surface area contributed by atoms with Crippen LogP contribution in [0, 0.1) is 19.8 Å². The Labute approximate surface area is 208 Å². The lowest BCUT2D eigenvalue weighted by molar-refractivity contribution is -0.135. The maximum atomic E-state index is 13.0. The molecule has 2 atom stereocenters. The molecule has 1 heterocycles. The number of nitrogens with zero attached hydrogens (tertiary/aromatic N) is 4. The number of aryl methyl sites for hydroxylation is 2. The third-order valence-electron chi connectivity index (χ3n) is 6.31. The van der Waals surface area contributed by atoms with Crippen LogP contribution in [-0.2, 0) is 20.5 Å². The monoisotopic (exact) mass is 496 g/mol. The van der Waals surface area contributed by atoms with E-state index in [-0.39, 0.29) is 12.5 Å². The molecule has 1 amide bonds. The van der Waals surface area contributed by atoms with Crippen molar-refractivity contribution in [3.63, 3.8) is 0 Å². The molecular formula is C25H44N4O4S. The zero-order valence-electron chi connectivity index (χ0n) is 22.1. The van der Waals surface area contributed by atoms with Crippen LogP contribution in [0.3, 0.4) is 0 Å². The molecule has 194 valence electrons. The van der Waals surface area contributed by atoms with Gasteiger partial charge in [-0.1, -0.05) is 0 Å². The quantitative estimate of drug-likeness (QED) is 0.367. The van der Waals surface area contributed by atoms with E-state index in [0.29, 0.717) is 19.1 Å². The van der Waals surface area contributed by atoms with Gasteiger partial charge in [-0.15, -0.1) is 0 Å². The molecule has 0 spiro atoms. The van der Waals surface area contributed by atoms with E-state index in [4.69, 9.17) is 9.47 Å². The highest BCUT2D eigenvalue weighted by Crippen LogP contribution is 2.25. The summed E-state index contributed by atoms with van der Waals surface area (Å²) in [5.41, 5.74) is 1.87. The Morgan fingerprint density at radius 2 is 1.82 bits per heavy atom. The van der Waals surface area contributed by atoms with Crippen LogP contribution in [0.25, 0.3) is 0 Å². The number of methoxy groups -OCH3 is 1. The van der Waals surface area contributed by atoms with Crippen molar-refractivity contribution in [3.8, 4) is 5.75 Å². The van der Waals surface area contributed by atoms with E-state index in [1.807, 2.05) is 33.0 Å². The minimum atomic E-state index is -1.30. The SMILES string of the molecule is COc1cc(C)c(S(=O)N(C)CCOCC(=O)N(C)C[C@H]2CCN(CCCN(C)C)C2)c(C)c1. The van der Waals surface area contributed by atoms with Gasteiger partial charge in [-0.2, -0.15) is 0 Å². The Balaban J connectivity index is 1.68. The number of rotatable bonds is 14. The summed E-state index contributed by atoms with van der Waals surface area (Å²) in [7, 11) is 8.20. The molecule has 1 aromatic carbocycles. The number of likely N-dealkylation sites (N-methyl/N-ethyl adjacent to an activating group) is 2. The molecule has 34 heavy (non-hydrogen) atoms. The van der Waals surface area contributed by atoms with E-state index < -0.39 is 11.0 Å². The van der Waals surface area contributed by atoms with E-state index in [1.54, 1.807) is 23.4 Å². The van der Waals surface area contributed by atoms with Crippen molar-refractivity contribution < 1.29 is 18.5 Å². The van der Waals surface area contributed by atoms with Gasteiger partial charge in [-0.3, -0.25) is 4.79 Å². The largest absolute Gasteiger partial charge is 0.497 e. The number of likely N-dealkylation sites (tertiary alicyclic amines) is 1. The average Bonchev–Trinajstić information content (AvgIpc) is 3.22. The molecule has 9 heteroatoms. The topological polar surface area (TPSA) is 65.6 Å². The summed E-state index contributed by atoms with van der Waals surface area (Å²) in [4.78, 5) is 19.8. The van der Waals surface area contributed by atoms with Crippen LogP contribution in [0.2, 0.25) is 0 Å². The number of amides is 1. The summed E-state index contributed by atoms with van der Waals surface area (Å²) in [6.07, 6.45) is 2.32. The summed E-state index contributed by atoms with van der Waals surface area (Å²) >= 11 is 0. The van der Waals surface area contributed by atoms with E-state index in [9.17, 15) is 9.00 Å². The first-order chi connectivity index (χ1) is 16.1. The number of hydrogen-bond acceptors (Lipinski definition) is 6. The third kappa shape index (κ3) is 8.92. The van der Waals surface area contributed by atoms with Gasteiger partial charge in [0.2, 0.25) is 5.91 Å². The highest BCUT2D eigenvalue weighted by Gasteiger charge is 2.24. The summed E-state index contributed by atoms with van der Waals surface area (Å²) < 4.78 is 25.7. The second-order valence-corrected chi connectivity index (χ2v) is 11.2. The van der Waals surface area contributed by atoms with Crippen LogP contribution in [-0.4, -0.2) is 117 Å². The molecule has 0 aliphatic carbocycles. The van der Waals surface area contributed by atoms with Gasteiger partial charge < -0.3 is 24.2 Å². The van der Waals surface area contributed by atoms with Gasteiger partial charge in [0.15, 0.2) is 0 Å². The van der Waals surface area contributed by atoms with E-state index in [2.05, 4.69) is 23.9 Å². The van der Waals surface area contributed by atoms with Crippen LogP contribution in [0.5, 0.6) is 5.75 Å². The van der Waals surface area contributed by atoms with Crippen molar-refractivity contribution in [2.45, 2.75) is 31.6 Å². The number of carbonyl (C=O) groups excluding carboxylic acids is 1. The van der Waals surface area contributed by atoms with Crippen LogP contribution >= 0.6 is 0 Å². The zero-order chi connectivity index (χ0) is 25.3. The first-order valence-electron chi connectivity index (χ1n) is 12.1. The molecule has 1 aromatic rings. The summed E-state index contributed by atoms with van der Waals surface area (Å²) in [6.45, 7) is 9.93. The van der Waals surface area contributed by atoms with Gasteiger partial charge in [0, 0.05) is 33.7 Å². The van der Waals surface area contributed by atoms with Crippen LogP contribution < -0.4 is 4.74 Å². The van der Waals surface area contributed by atoms with Gasteiger partial charge in [-0.25, -0.2) is 8.51 Å². The maximum absolute atomic E-state index is 13.0. The van der Waals surface area contributed by atoms with Crippen molar-refractivity contribution in [2.75, 3.05) is 87.8 Å². The molecule has 0 N–H and O–H groups in total. The molecule has 0 bridgehead atoms. The van der Waals surface area contributed by atoms with E-state index in [0.717, 1.165) is 60.9 Å². The standard InChI is InChI=1S/C25H44N4O4S/c1-20-15-23(32-7)16-21(2)25(20)34(31)28(6)13-14-33-19-24(30)27(5)17-22-9-12-29(18-22)11-8-10-26(3)4/h15-16,22H,8-14,17-19H2,1-7H3/t22-,34?/m1/s1. The second kappa shape index (κ2) is 14.1. The first-order valence-corrected chi connectivity index (χ1v) is 13.2. The molecule has 1 fully saturated rings. The van der Waals surface area contributed by atoms with Gasteiger partial charge in [0.25, 0.3) is 0 Å². The highest BCUT2D eigenvalue weighted by atomic mass is 32.2. The predicted molar refractivity (Wildman–Crippen MR) is 138 cm³/mol. The molecule has 1 aliphatic heterocycles. The predicted octanol–water partition coefficient (Wildman–Crippen LogP) is 2.02. The molecule has 8 nitrogen and oxygen atoms in total. The van der Waals surface area contributed by atoms with E-state index in [1.165, 1.54) is 6.42 Å². The molecule has 1 unspecified atom stereocenters. The van der Waals surface area contributed by atoms with Crippen LogP contribution in [0.4, 0.5) is 0 Å². The number of carbonyl (C=O) groups is 1. The van der Waals surface area contributed by atoms with Gasteiger partial charge >= 0.3 is 0 Å². The fraction of sp³-hybridized carbons (Fsp3) is 0.720.